The maximum absolute atomic E-state index is 13.1. The third kappa shape index (κ3) is 3.58. The van der Waals surface area contributed by atoms with Crippen LogP contribution in [-0.2, 0) is 4.79 Å². The van der Waals surface area contributed by atoms with E-state index in [1.54, 1.807) is 4.68 Å². The van der Waals surface area contributed by atoms with E-state index in [1.807, 2.05) is 13.0 Å². The number of aromatic nitrogens is 4. The highest BCUT2D eigenvalue weighted by Crippen LogP contribution is 2.55. The van der Waals surface area contributed by atoms with Crippen molar-refractivity contribution in [3.05, 3.63) is 29.3 Å². The second kappa shape index (κ2) is 7.11. The normalized spacial score (nSPS) is 31.1. The summed E-state index contributed by atoms with van der Waals surface area (Å²) in [6, 6.07) is 6.21. The lowest BCUT2D eigenvalue weighted by molar-refractivity contribution is -0.126. The molecule has 6 nitrogen and oxygen atoms in total. The summed E-state index contributed by atoms with van der Waals surface area (Å²) in [5.41, 5.74) is 3.32. The smallest absolute Gasteiger partial charge is 0.233 e. The first kappa shape index (κ1) is 19.1. The predicted molar refractivity (Wildman–Crippen MR) is 113 cm³/mol. The van der Waals surface area contributed by atoms with Crippen LogP contribution in [0.15, 0.2) is 23.4 Å². The number of carbonyl (C=O) groups excluding carboxylic acids is 1. The van der Waals surface area contributed by atoms with Crippen LogP contribution >= 0.6 is 11.8 Å². The largest absolute Gasteiger partial charge is 0.350 e. The van der Waals surface area contributed by atoms with Crippen LogP contribution in [-0.4, -0.2) is 36.9 Å². The number of carbonyl (C=O) groups is 1. The average molecular weight is 412 g/mol. The zero-order valence-electron chi connectivity index (χ0n) is 17.4. The molecule has 154 valence electrons. The number of aryl methyl sites for hydroxylation is 2. The van der Waals surface area contributed by atoms with Crippen LogP contribution < -0.4 is 5.32 Å². The van der Waals surface area contributed by atoms with E-state index in [0.717, 1.165) is 29.0 Å². The Morgan fingerprint density at radius 1 is 1.17 bits per heavy atom. The number of thioether (sulfide) groups is 1. The van der Waals surface area contributed by atoms with Gasteiger partial charge in [-0.1, -0.05) is 29.5 Å². The fraction of sp³-hybridized carbons (Fsp3) is 0.636. The van der Waals surface area contributed by atoms with Gasteiger partial charge in [0.05, 0.1) is 10.9 Å². The lowest BCUT2D eigenvalue weighted by Crippen LogP contribution is -2.60. The van der Waals surface area contributed by atoms with Crippen LogP contribution in [0.25, 0.3) is 5.69 Å². The number of hydrogen-bond acceptors (Lipinski definition) is 5. The van der Waals surface area contributed by atoms with Crippen LogP contribution in [0.5, 0.6) is 0 Å². The first-order valence-corrected chi connectivity index (χ1v) is 11.6. The summed E-state index contributed by atoms with van der Waals surface area (Å²) in [6.45, 7) is 6.09. The molecule has 1 N–H and O–H groups in total. The molecule has 0 spiro atoms. The van der Waals surface area contributed by atoms with E-state index in [4.69, 9.17) is 0 Å². The van der Waals surface area contributed by atoms with Crippen molar-refractivity contribution in [1.82, 2.24) is 25.5 Å². The van der Waals surface area contributed by atoms with Crippen molar-refractivity contribution in [1.29, 1.82) is 0 Å². The van der Waals surface area contributed by atoms with Gasteiger partial charge in [0.2, 0.25) is 11.1 Å². The molecular formula is C22H29N5OS. The Morgan fingerprint density at radius 2 is 1.83 bits per heavy atom. The third-order valence-corrected chi connectivity index (χ3v) is 8.13. The van der Waals surface area contributed by atoms with Crippen LogP contribution in [0.1, 0.15) is 56.6 Å². The molecule has 1 amide bonds. The fourth-order valence-electron chi connectivity index (χ4n) is 6.28. The van der Waals surface area contributed by atoms with Crippen molar-refractivity contribution in [2.24, 2.45) is 17.8 Å². The van der Waals surface area contributed by atoms with E-state index in [-0.39, 0.29) is 16.7 Å². The first-order chi connectivity index (χ1) is 13.9. The minimum absolute atomic E-state index is 0.0418. The van der Waals surface area contributed by atoms with Gasteiger partial charge in [0.1, 0.15) is 0 Å². The topological polar surface area (TPSA) is 72.7 Å². The van der Waals surface area contributed by atoms with Gasteiger partial charge in [0.15, 0.2) is 0 Å². The van der Waals surface area contributed by atoms with E-state index in [9.17, 15) is 4.79 Å². The molecule has 4 fully saturated rings. The van der Waals surface area contributed by atoms with Crippen molar-refractivity contribution < 1.29 is 4.79 Å². The number of amides is 1. The molecule has 4 aliphatic carbocycles. The highest BCUT2D eigenvalue weighted by molar-refractivity contribution is 8.00. The molecule has 0 unspecified atom stereocenters. The van der Waals surface area contributed by atoms with Gasteiger partial charge in [0.25, 0.3) is 0 Å². The Balaban J connectivity index is 1.30. The lowest BCUT2D eigenvalue weighted by atomic mass is 9.53. The molecule has 6 rings (SSSR count). The molecule has 2 aromatic rings. The molecule has 1 heterocycles. The summed E-state index contributed by atoms with van der Waals surface area (Å²) in [5, 5.41) is 16.1. The maximum atomic E-state index is 13.1. The van der Waals surface area contributed by atoms with E-state index < -0.39 is 0 Å². The summed E-state index contributed by atoms with van der Waals surface area (Å²) < 4.78 is 1.74. The molecule has 1 aromatic carbocycles. The second-order valence-electron chi connectivity index (χ2n) is 9.61. The molecule has 4 saturated carbocycles. The number of benzene rings is 1. The molecule has 0 radical (unpaired) electrons. The second-order valence-corrected chi connectivity index (χ2v) is 10.9. The zero-order valence-corrected chi connectivity index (χ0v) is 18.2. The van der Waals surface area contributed by atoms with Crippen molar-refractivity contribution >= 4 is 17.7 Å². The monoisotopic (exact) mass is 411 g/mol. The first-order valence-electron chi connectivity index (χ1n) is 10.8. The Bertz CT molecular complexity index is 904. The summed E-state index contributed by atoms with van der Waals surface area (Å²) >= 11 is 1.44. The van der Waals surface area contributed by atoms with Crippen molar-refractivity contribution in [2.75, 3.05) is 0 Å². The maximum Gasteiger partial charge on any atom is 0.233 e. The Morgan fingerprint density at radius 3 is 2.45 bits per heavy atom. The van der Waals surface area contributed by atoms with E-state index in [0.29, 0.717) is 5.16 Å². The van der Waals surface area contributed by atoms with Gasteiger partial charge >= 0.3 is 0 Å². The molecule has 4 bridgehead atoms. The van der Waals surface area contributed by atoms with Crippen molar-refractivity contribution in [3.63, 3.8) is 0 Å². The van der Waals surface area contributed by atoms with Crippen LogP contribution in [0, 0.1) is 31.6 Å². The fourth-order valence-corrected chi connectivity index (χ4v) is 7.09. The van der Waals surface area contributed by atoms with Crippen LogP contribution in [0.3, 0.4) is 0 Å². The van der Waals surface area contributed by atoms with Gasteiger partial charge in [-0.25, -0.2) is 0 Å². The molecule has 4 aliphatic rings. The van der Waals surface area contributed by atoms with E-state index >= 15 is 0 Å². The summed E-state index contributed by atoms with van der Waals surface area (Å²) in [5.74, 6) is 2.58. The molecule has 0 saturated heterocycles. The SMILES string of the molecule is Cc1ccc(-n2nnnc2S[C@@H](C)C(=O)NC23CC4CC(CC(C4)C2)C3)c(C)c1. The van der Waals surface area contributed by atoms with Crippen LogP contribution in [0.2, 0.25) is 0 Å². The zero-order chi connectivity index (χ0) is 20.2. The molecule has 0 aliphatic heterocycles. The predicted octanol–water partition coefficient (Wildman–Crippen LogP) is 3.84. The minimum Gasteiger partial charge on any atom is -0.350 e. The Hall–Kier alpha value is -1.89. The van der Waals surface area contributed by atoms with Crippen molar-refractivity contribution in [2.45, 2.75) is 75.2 Å². The quantitative estimate of drug-likeness (QED) is 0.757. The minimum atomic E-state index is -0.237. The lowest BCUT2D eigenvalue weighted by Gasteiger charge is -2.57. The van der Waals surface area contributed by atoms with Gasteiger partial charge in [-0.05, 0) is 99.1 Å². The van der Waals surface area contributed by atoms with Crippen molar-refractivity contribution in [3.8, 4) is 5.69 Å². The molecule has 1 atom stereocenters. The number of nitrogens with zero attached hydrogens (tertiary/aromatic N) is 4. The van der Waals surface area contributed by atoms with E-state index in [1.165, 1.54) is 55.9 Å². The van der Waals surface area contributed by atoms with Gasteiger partial charge in [-0.2, -0.15) is 4.68 Å². The highest BCUT2D eigenvalue weighted by Gasteiger charge is 2.51. The van der Waals surface area contributed by atoms with E-state index in [2.05, 4.69) is 46.8 Å². The van der Waals surface area contributed by atoms with Gasteiger partial charge in [0, 0.05) is 5.54 Å². The number of nitrogens with one attached hydrogen (secondary N) is 1. The third-order valence-electron chi connectivity index (χ3n) is 7.10. The standard InChI is InChI=1S/C22H29N5OS/c1-13-4-5-19(14(2)6-13)27-21(24-25-26-27)29-15(3)20(28)23-22-10-16-7-17(11-22)9-18(8-16)12-22/h4-6,15-18H,7-12H2,1-3H3,(H,23,28)/t15-,16?,17?,18?,22?/m0/s1. The summed E-state index contributed by atoms with van der Waals surface area (Å²) in [4.78, 5) is 13.1. The molecule has 29 heavy (non-hydrogen) atoms. The Kier molecular flexibility index (Phi) is 4.68. The van der Waals surface area contributed by atoms with Gasteiger partial charge in [-0.3, -0.25) is 4.79 Å². The molecular weight excluding hydrogens is 382 g/mol. The van der Waals surface area contributed by atoms with Crippen LogP contribution in [0.4, 0.5) is 0 Å². The average Bonchev–Trinajstić information content (AvgIpc) is 3.08. The number of tetrazole rings is 1. The highest BCUT2D eigenvalue weighted by atomic mass is 32.2. The van der Waals surface area contributed by atoms with Gasteiger partial charge in [-0.15, -0.1) is 5.10 Å². The number of hydrogen-bond donors (Lipinski definition) is 1. The Labute approximate surface area is 176 Å². The molecule has 7 heteroatoms. The summed E-state index contributed by atoms with van der Waals surface area (Å²) in [7, 11) is 0. The summed E-state index contributed by atoms with van der Waals surface area (Å²) in [6.07, 6.45) is 7.64. The van der Waals surface area contributed by atoms with Gasteiger partial charge < -0.3 is 5.32 Å². The molecule has 1 aromatic heterocycles. The number of rotatable bonds is 5.